The van der Waals surface area contributed by atoms with Gasteiger partial charge in [-0.3, -0.25) is 9.69 Å². The normalized spacial score (nSPS) is 25.7. The van der Waals surface area contributed by atoms with Gasteiger partial charge in [-0.15, -0.1) is 0 Å². The van der Waals surface area contributed by atoms with Gasteiger partial charge in [0, 0.05) is 50.4 Å². The van der Waals surface area contributed by atoms with Crippen molar-refractivity contribution in [2.75, 3.05) is 57.4 Å². The third kappa shape index (κ3) is 4.33. The van der Waals surface area contributed by atoms with Gasteiger partial charge >= 0.3 is 0 Å². The molecule has 0 saturated carbocycles. The minimum Gasteiger partial charge on any atom is -0.379 e. The van der Waals surface area contributed by atoms with Crippen molar-refractivity contribution in [3.63, 3.8) is 0 Å². The lowest BCUT2D eigenvalue weighted by Gasteiger charge is -2.26. The number of hydrogen-bond donors (Lipinski definition) is 1. The van der Waals surface area contributed by atoms with Crippen LogP contribution in [0.2, 0.25) is 0 Å². The molecule has 2 unspecified atom stereocenters. The van der Waals surface area contributed by atoms with E-state index in [-0.39, 0.29) is 17.4 Å². The van der Waals surface area contributed by atoms with Crippen molar-refractivity contribution in [2.45, 2.75) is 24.5 Å². The maximum atomic E-state index is 12.8. The fraction of sp³-hybridized carbons (Fsp3) is 0.480. The Labute approximate surface area is 184 Å². The van der Waals surface area contributed by atoms with Crippen LogP contribution < -0.4 is 10.2 Å². The van der Waals surface area contributed by atoms with Crippen LogP contribution in [-0.4, -0.2) is 69.5 Å². The van der Waals surface area contributed by atoms with Crippen molar-refractivity contribution >= 4 is 11.6 Å². The van der Waals surface area contributed by atoms with Gasteiger partial charge in [-0.25, -0.2) is 0 Å². The van der Waals surface area contributed by atoms with Crippen LogP contribution in [0.25, 0.3) is 0 Å². The van der Waals surface area contributed by atoms with Gasteiger partial charge in [0.15, 0.2) is 0 Å². The third-order valence-electron chi connectivity index (χ3n) is 6.79. The van der Waals surface area contributed by atoms with Gasteiger partial charge in [0.2, 0.25) is 5.91 Å². The lowest BCUT2D eigenvalue weighted by Crippen LogP contribution is -2.43. The molecular weight excluding hydrogens is 390 g/mol. The van der Waals surface area contributed by atoms with Crippen LogP contribution in [0.15, 0.2) is 54.6 Å². The molecule has 2 atom stereocenters. The van der Waals surface area contributed by atoms with Gasteiger partial charge in [-0.2, -0.15) is 0 Å². The van der Waals surface area contributed by atoms with Crippen molar-refractivity contribution in [3.8, 4) is 0 Å². The number of fused-ring (bicyclic) bond motifs is 2. The molecule has 1 amide bonds. The van der Waals surface area contributed by atoms with Crippen LogP contribution in [-0.2, 0) is 26.2 Å². The Balaban J connectivity index is 1.22. The van der Waals surface area contributed by atoms with Crippen molar-refractivity contribution in [2.24, 2.45) is 0 Å². The first-order valence-corrected chi connectivity index (χ1v) is 11.3. The van der Waals surface area contributed by atoms with E-state index in [9.17, 15) is 4.79 Å². The summed E-state index contributed by atoms with van der Waals surface area (Å²) in [6.07, 6.45) is 0.355. The number of amides is 1. The summed E-state index contributed by atoms with van der Waals surface area (Å²) in [5.74, 6) is 0.0177. The number of hydrogen-bond acceptors (Lipinski definition) is 5. The molecule has 0 aliphatic carbocycles. The zero-order valence-electron chi connectivity index (χ0n) is 18.0. The molecule has 0 radical (unpaired) electrons. The molecular formula is C25H31N3O3. The number of ether oxygens (including phenoxy) is 2. The highest BCUT2D eigenvalue weighted by molar-refractivity contribution is 5.81. The maximum absolute atomic E-state index is 12.8. The van der Waals surface area contributed by atoms with E-state index in [4.69, 9.17) is 9.47 Å². The van der Waals surface area contributed by atoms with Crippen LogP contribution in [0, 0.1) is 0 Å². The van der Waals surface area contributed by atoms with E-state index in [2.05, 4.69) is 69.7 Å². The van der Waals surface area contributed by atoms with Gasteiger partial charge in [0.05, 0.1) is 19.8 Å². The Morgan fingerprint density at radius 2 is 1.84 bits per heavy atom. The van der Waals surface area contributed by atoms with Crippen molar-refractivity contribution < 1.29 is 14.3 Å². The lowest BCUT2D eigenvalue weighted by atomic mass is 9.80. The van der Waals surface area contributed by atoms with Gasteiger partial charge in [0.25, 0.3) is 0 Å². The van der Waals surface area contributed by atoms with Crippen molar-refractivity contribution in [3.05, 3.63) is 65.7 Å². The summed E-state index contributed by atoms with van der Waals surface area (Å²) in [5, 5.41) is 3.09. The zero-order valence-corrected chi connectivity index (χ0v) is 18.0. The van der Waals surface area contributed by atoms with Crippen molar-refractivity contribution in [1.29, 1.82) is 0 Å². The Hall–Kier alpha value is -2.41. The van der Waals surface area contributed by atoms with Gasteiger partial charge in [0.1, 0.15) is 6.10 Å². The molecule has 2 aromatic carbocycles. The predicted octanol–water partition coefficient (Wildman–Crippen LogP) is 2.18. The highest BCUT2D eigenvalue weighted by Gasteiger charge is 2.50. The minimum absolute atomic E-state index is 0.0177. The number of benzene rings is 2. The molecule has 31 heavy (non-hydrogen) atoms. The van der Waals surface area contributed by atoms with Crippen LogP contribution in [0.4, 0.5) is 5.69 Å². The van der Waals surface area contributed by atoms with E-state index >= 15 is 0 Å². The number of para-hydroxylation sites is 1. The minimum atomic E-state index is -0.380. The summed E-state index contributed by atoms with van der Waals surface area (Å²) < 4.78 is 11.5. The number of nitrogens with one attached hydrogen (secondary N) is 1. The summed E-state index contributed by atoms with van der Waals surface area (Å²) in [5.41, 5.74) is 3.76. The molecule has 3 heterocycles. The SMILES string of the molecule is O=C(NCCN1CCOCC1)C1CC2(CO1)CN(Cc1ccccc1)c1ccccc12. The van der Waals surface area contributed by atoms with Crippen LogP contribution >= 0.6 is 0 Å². The highest BCUT2D eigenvalue weighted by atomic mass is 16.5. The van der Waals surface area contributed by atoms with Crippen molar-refractivity contribution in [1.82, 2.24) is 10.2 Å². The second-order valence-electron chi connectivity index (χ2n) is 8.89. The summed E-state index contributed by atoms with van der Waals surface area (Å²) in [6.45, 7) is 7.30. The van der Waals surface area contributed by atoms with E-state index in [1.165, 1.54) is 16.8 Å². The average Bonchev–Trinajstić information content (AvgIpc) is 3.38. The second-order valence-corrected chi connectivity index (χ2v) is 8.89. The zero-order chi connectivity index (χ0) is 21.1. The van der Waals surface area contributed by atoms with Gasteiger partial charge < -0.3 is 19.7 Å². The number of carbonyl (C=O) groups excluding carboxylic acids is 1. The highest BCUT2D eigenvalue weighted by Crippen LogP contribution is 2.47. The number of nitrogens with zero attached hydrogens (tertiary/aromatic N) is 2. The summed E-state index contributed by atoms with van der Waals surface area (Å²) >= 11 is 0. The lowest BCUT2D eigenvalue weighted by molar-refractivity contribution is -0.130. The first-order valence-electron chi connectivity index (χ1n) is 11.3. The molecule has 3 aliphatic rings. The molecule has 3 aliphatic heterocycles. The van der Waals surface area contributed by atoms with E-state index < -0.39 is 0 Å². The Bertz CT molecular complexity index is 900. The largest absolute Gasteiger partial charge is 0.379 e. The summed E-state index contributed by atoms with van der Waals surface area (Å²) in [6, 6.07) is 19.2. The predicted molar refractivity (Wildman–Crippen MR) is 120 cm³/mol. The molecule has 6 nitrogen and oxygen atoms in total. The van der Waals surface area contributed by atoms with Crippen LogP contribution in [0.5, 0.6) is 0 Å². The smallest absolute Gasteiger partial charge is 0.249 e. The topological polar surface area (TPSA) is 54.0 Å². The number of anilines is 1. The molecule has 6 heteroatoms. The Kier molecular flexibility index (Phi) is 5.94. The van der Waals surface area contributed by atoms with E-state index in [0.717, 1.165) is 52.4 Å². The molecule has 2 saturated heterocycles. The monoisotopic (exact) mass is 421 g/mol. The third-order valence-corrected chi connectivity index (χ3v) is 6.79. The first-order chi connectivity index (χ1) is 15.2. The number of rotatable bonds is 6. The molecule has 1 N–H and O–H groups in total. The second kappa shape index (κ2) is 8.99. The van der Waals surface area contributed by atoms with Gasteiger partial charge in [-0.05, 0) is 23.6 Å². The van der Waals surface area contributed by atoms with E-state index in [1.807, 2.05) is 0 Å². The summed E-state index contributed by atoms with van der Waals surface area (Å²) in [7, 11) is 0. The molecule has 2 aromatic rings. The summed E-state index contributed by atoms with van der Waals surface area (Å²) in [4.78, 5) is 17.6. The molecule has 164 valence electrons. The maximum Gasteiger partial charge on any atom is 0.249 e. The van der Waals surface area contributed by atoms with Crippen LogP contribution in [0.1, 0.15) is 17.5 Å². The van der Waals surface area contributed by atoms with E-state index in [0.29, 0.717) is 13.2 Å². The molecule has 1 spiro atoms. The Morgan fingerprint density at radius 1 is 1.06 bits per heavy atom. The fourth-order valence-corrected chi connectivity index (χ4v) is 5.15. The molecule has 5 rings (SSSR count). The van der Waals surface area contributed by atoms with Crippen LogP contribution in [0.3, 0.4) is 0 Å². The average molecular weight is 422 g/mol. The first kappa shape index (κ1) is 20.5. The number of morpholine rings is 1. The van der Waals surface area contributed by atoms with Gasteiger partial charge in [-0.1, -0.05) is 48.5 Å². The van der Waals surface area contributed by atoms with E-state index in [1.54, 1.807) is 0 Å². The Morgan fingerprint density at radius 3 is 2.68 bits per heavy atom. The molecule has 0 aromatic heterocycles. The fourth-order valence-electron chi connectivity index (χ4n) is 5.15. The molecule has 2 fully saturated rings. The molecule has 0 bridgehead atoms. The quantitative estimate of drug-likeness (QED) is 0.775. The number of carbonyl (C=O) groups is 1. The standard InChI is InChI=1S/C25H31N3O3/c29-24(26-10-11-27-12-14-30-15-13-27)23-16-25(19-31-23)18-28(17-20-6-2-1-3-7-20)22-9-5-4-8-21(22)25/h1-9,23H,10-19H2,(H,26,29).